The minimum atomic E-state index is -0.410. The van der Waals surface area contributed by atoms with Crippen LogP contribution in [0.2, 0.25) is 0 Å². The minimum Gasteiger partial charge on any atom is -0.459 e. The molecule has 2 aliphatic rings. The van der Waals surface area contributed by atoms with Crippen molar-refractivity contribution in [1.29, 1.82) is 0 Å². The van der Waals surface area contributed by atoms with E-state index in [4.69, 9.17) is 9.15 Å². The lowest BCUT2D eigenvalue weighted by molar-refractivity contribution is -0.139. The summed E-state index contributed by atoms with van der Waals surface area (Å²) in [5, 5.41) is 0.0348. The standard InChI is InChI=1S/C16H22N2O4S/c1-2-4-14-18(16(20)13-5-3-8-22-13)12(11-23-14)15(19)17-6-9-21-10-7-17/h3,5,8,12,14H,2,4,6-7,9-11H2,1H3. The van der Waals surface area contributed by atoms with Crippen LogP contribution in [0.3, 0.4) is 0 Å². The van der Waals surface area contributed by atoms with Crippen molar-refractivity contribution in [1.82, 2.24) is 9.80 Å². The molecule has 2 saturated heterocycles. The molecule has 0 radical (unpaired) electrons. The second-order valence-electron chi connectivity index (χ2n) is 5.72. The fourth-order valence-corrected chi connectivity index (χ4v) is 4.53. The maximum absolute atomic E-state index is 12.9. The summed E-state index contributed by atoms with van der Waals surface area (Å²) >= 11 is 1.69. The summed E-state index contributed by atoms with van der Waals surface area (Å²) in [6.45, 7) is 4.42. The lowest BCUT2D eigenvalue weighted by Crippen LogP contribution is -2.53. The van der Waals surface area contributed by atoms with Crippen LogP contribution < -0.4 is 0 Å². The predicted octanol–water partition coefficient (Wildman–Crippen LogP) is 1.82. The second kappa shape index (κ2) is 7.40. The van der Waals surface area contributed by atoms with Crippen LogP contribution in [0.4, 0.5) is 0 Å². The first-order valence-electron chi connectivity index (χ1n) is 8.06. The van der Waals surface area contributed by atoms with Crippen LogP contribution in [0.5, 0.6) is 0 Å². The van der Waals surface area contributed by atoms with Gasteiger partial charge in [-0.25, -0.2) is 0 Å². The fourth-order valence-electron chi connectivity index (χ4n) is 3.02. The average molecular weight is 338 g/mol. The molecule has 126 valence electrons. The highest BCUT2D eigenvalue weighted by Gasteiger charge is 2.43. The van der Waals surface area contributed by atoms with Crippen molar-refractivity contribution >= 4 is 23.6 Å². The van der Waals surface area contributed by atoms with Crippen molar-refractivity contribution in [3.05, 3.63) is 24.2 Å². The molecule has 2 unspecified atom stereocenters. The molecule has 0 N–H and O–H groups in total. The van der Waals surface area contributed by atoms with Crippen molar-refractivity contribution in [2.45, 2.75) is 31.2 Å². The molecule has 2 amide bonds. The highest BCUT2D eigenvalue weighted by Crippen LogP contribution is 2.34. The number of furan rings is 1. The van der Waals surface area contributed by atoms with Crippen molar-refractivity contribution in [2.75, 3.05) is 32.1 Å². The van der Waals surface area contributed by atoms with Crippen LogP contribution in [0.15, 0.2) is 22.8 Å². The Morgan fingerprint density at radius 1 is 1.35 bits per heavy atom. The first-order chi connectivity index (χ1) is 11.2. The molecule has 23 heavy (non-hydrogen) atoms. The van der Waals surface area contributed by atoms with Crippen molar-refractivity contribution in [3.63, 3.8) is 0 Å². The molecule has 0 bridgehead atoms. The van der Waals surface area contributed by atoms with Crippen LogP contribution in [-0.2, 0) is 9.53 Å². The van der Waals surface area contributed by atoms with Gasteiger partial charge in [0.05, 0.1) is 24.9 Å². The zero-order valence-corrected chi connectivity index (χ0v) is 14.1. The zero-order valence-electron chi connectivity index (χ0n) is 13.3. The van der Waals surface area contributed by atoms with Gasteiger partial charge in [0.2, 0.25) is 5.91 Å². The normalized spacial score (nSPS) is 24.9. The maximum Gasteiger partial charge on any atom is 0.291 e. The number of hydrogen-bond donors (Lipinski definition) is 0. The summed E-state index contributed by atoms with van der Waals surface area (Å²) in [5.41, 5.74) is 0. The van der Waals surface area contributed by atoms with Crippen LogP contribution >= 0.6 is 11.8 Å². The summed E-state index contributed by atoms with van der Waals surface area (Å²) < 4.78 is 10.6. The molecule has 7 heteroatoms. The topological polar surface area (TPSA) is 63.0 Å². The smallest absolute Gasteiger partial charge is 0.291 e. The predicted molar refractivity (Wildman–Crippen MR) is 87.2 cm³/mol. The van der Waals surface area contributed by atoms with Crippen LogP contribution in [0.1, 0.15) is 30.3 Å². The van der Waals surface area contributed by atoms with Gasteiger partial charge in [-0.05, 0) is 18.6 Å². The third-order valence-corrected chi connectivity index (χ3v) is 5.56. The van der Waals surface area contributed by atoms with E-state index in [9.17, 15) is 9.59 Å². The van der Waals surface area contributed by atoms with E-state index in [-0.39, 0.29) is 17.2 Å². The van der Waals surface area contributed by atoms with Gasteiger partial charge < -0.3 is 19.0 Å². The van der Waals surface area contributed by atoms with Gasteiger partial charge in [-0.2, -0.15) is 0 Å². The number of ether oxygens (including phenoxy) is 1. The quantitative estimate of drug-likeness (QED) is 0.838. The van der Waals surface area contributed by atoms with E-state index in [1.165, 1.54) is 6.26 Å². The number of hydrogen-bond acceptors (Lipinski definition) is 5. The summed E-state index contributed by atoms with van der Waals surface area (Å²) in [7, 11) is 0. The summed E-state index contributed by atoms with van der Waals surface area (Å²) in [6.07, 6.45) is 3.34. The molecule has 2 fully saturated rings. The van der Waals surface area contributed by atoms with Gasteiger partial charge >= 0.3 is 0 Å². The largest absolute Gasteiger partial charge is 0.459 e. The van der Waals surface area contributed by atoms with E-state index in [1.807, 2.05) is 4.90 Å². The molecule has 3 rings (SSSR count). The van der Waals surface area contributed by atoms with Gasteiger partial charge in [0.1, 0.15) is 6.04 Å². The molecular weight excluding hydrogens is 316 g/mol. The molecule has 0 aromatic carbocycles. The first-order valence-corrected chi connectivity index (χ1v) is 9.11. The van der Waals surface area contributed by atoms with Gasteiger partial charge in [0.25, 0.3) is 5.91 Å². The van der Waals surface area contributed by atoms with E-state index in [1.54, 1.807) is 28.8 Å². The van der Waals surface area contributed by atoms with Crippen LogP contribution in [0.25, 0.3) is 0 Å². The highest BCUT2D eigenvalue weighted by atomic mass is 32.2. The van der Waals surface area contributed by atoms with Crippen LogP contribution in [-0.4, -0.2) is 65.1 Å². The average Bonchev–Trinajstić information content (AvgIpc) is 3.25. The van der Waals surface area contributed by atoms with E-state index in [0.717, 1.165) is 12.8 Å². The number of thioether (sulfide) groups is 1. The number of amides is 2. The highest BCUT2D eigenvalue weighted by molar-refractivity contribution is 8.00. The Bertz CT molecular complexity index is 542. The molecule has 1 aromatic rings. The third-order valence-electron chi connectivity index (χ3n) is 4.20. The third kappa shape index (κ3) is 3.40. The number of nitrogens with zero attached hydrogens (tertiary/aromatic N) is 2. The molecular formula is C16H22N2O4S. The molecule has 2 atom stereocenters. The molecule has 6 nitrogen and oxygen atoms in total. The van der Waals surface area contributed by atoms with Gasteiger partial charge in [-0.1, -0.05) is 13.3 Å². The lowest BCUT2D eigenvalue weighted by Gasteiger charge is -2.33. The molecule has 3 heterocycles. The molecule has 1 aromatic heterocycles. The number of morpholine rings is 1. The molecule has 0 spiro atoms. The molecule has 0 aliphatic carbocycles. The maximum atomic E-state index is 12.9. The number of carbonyl (C=O) groups excluding carboxylic acids is 2. The van der Waals surface area contributed by atoms with Gasteiger partial charge in [-0.3, -0.25) is 9.59 Å². The van der Waals surface area contributed by atoms with Crippen molar-refractivity contribution in [2.24, 2.45) is 0 Å². The first kappa shape index (κ1) is 16.4. The van der Waals surface area contributed by atoms with Crippen molar-refractivity contribution < 1.29 is 18.7 Å². The van der Waals surface area contributed by atoms with Crippen LogP contribution in [0, 0.1) is 0 Å². The number of carbonyl (C=O) groups is 2. The van der Waals surface area contributed by atoms with Crippen molar-refractivity contribution in [3.8, 4) is 0 Å². The monoisotopic (exact) mass is 338 g/mol. The Morgan fingerprint density at radius 3 is 2.78 bits per heavy atom. The van der Waals surface area contributed by atoms with E-state index < -0.39 is 6.04 Å². The Labute approximate surface area is 140 Å². The Balaban J connectivity index is 1.79. The summed E-state index contributed by atoms with van der Waals surface area (Å²) in [5.74, 6) is 0.783. The molecule has 0 saturated carbocycles. The zero-order chi connectivity index (χ0) is 16.2. The lowest BCUT2D eigenvalue weighted by atomic mass is 10.2. The van der Waals surface area contributed by atoms with E-state index in [2.05, 4.69) is 6.92 Å². The SMILES string of the molecule is CCCC1SCC(C(=O)N2CCOCC2)N1C(=O)c1ccco1. The second-order valence-corrected chi connectivity index (χ2v) is 6.93. The van der Waals surface area contributed by atoms with E-state index in [0.29, 0.717) is 37.8 Å². The van der Waals surface area contributed by atoms with Gasteiger partial charge in [0, 0.05) is 18.8 Å². The summed E-state index contributed by atoms with van der Waals surface area (Å²) in [4.78, 5) is 29.2. The Kier molecular flexibility index (Phi) is 5.27. The van der Waals surface area contributed by atoms with Gasteiger partial charge in [0.15, 0.2) is 5.76 Å². The summed E-state index contributed by atoms with van der Waals surface area (Å²) in [6, 6.07) is 2.95. The minimum absolute atomic E-state index is 0.0271. The fraction of sp³-hybridized carbons (Fsp3) is 0.625. The molecule has 2 aliphatic heterocycles. The van der Waals surface area contributed by atoms with E-state index >= 15 is 0 Å². The van der Waals surface area contributed by atoms with Gasteiger partial charge in [-0.15, -0.1) is 11.8 Å². The Morgan fingerprint density at radius 2 is 2.13 bits per heavy atom. The number of rotatable bonds is 4. The Hall–Kier alpha value is -1.47.